The second-order valence-electron chi connectivity index (χ2n) is 7.17. The highest BCUT2D eigenvalue weighted by Crippen LogP contribution is 2.24. The average molecular weight is 489 g/mol. The lowest BCUT2D eigenvalue weighted by Crippen LogP contribution is -2.15. The number of esters is 2. The van der Waals surface area contributed by atoms with Crippen LogP contribution in [0, 0.1) is 0 Å². The van der Waals surface area contributed by atoms with Crippen molar-refractivity contribution in [2.24, 2.45) is 10.2 Å². The second kappa shape index (κ2) is 12.6. The Balaban J connectivity index is 2.05. The molecule has 0 aliphatic carbocycles. The molecule has 0 saturated carbocycles. The third-order valence-corrected chi connectivity index (χ3v) is 4.61. The van der Waals surface area contributed by atoms with Gasteiger partial charge in [-0.15, -0.1) is 5.11 Å². The van der Waals surface area contributed by atoms with Gasteiger partial charge in [-0.3, -0.25) is 9.78 Å². The highest BCUT2D eigenvalue weighted by atomic mass is 16.5. The summed E-state index contributed by atoms with van der Waals surface area (Å²) in [6, 6.07) is 15.6. The number of azo groups is 1. The summed E-state index contributed by atoms with van der Waals surface area (Å²) in [6.45, 7) is 3.56. The van der Waals surface area contributed by atoms with Gasteiger partial charge in [0.1, 0.15) is 0 Å². The zero-order valence-electron chi connectivity index (χ0n) is 19.7. The molecule has 2 N–H and O–H groups in total. The predicted octanol–water partition coefficient (Wildman–Crippen LogP) is 5.08. The van der Waals surface area contributed by atoms with E-state index in [9.17, 15) is 19.5 Å². The molecule has 0 atom stereocenters. The standard InChI is InChI=1S/C26H24N4O6/c1-3-35-25(33)18-13-19(26(34)36-4-2)15-21(14-18)29-30-22(23(31)17-9-6-5-7-10-17)24(32)28-20-11-8-12-27-16-20/h5-16,31H,3-4H2,1-2H3,(H,28,32). The van der Waals surface area contributed by atoms with Crippen molar-refractivity contribution in [3.05, 3.63) is 95.4 Å². The third-order valence-electron chi connectivity index (χ3n) is 4.61. The van der Waals surface area contributed by atoms with Gasteiger partial charge in [0.25, 0.3) is 5.91 Å². The number of ether oxygens (including phenoxy) is 2. The summed E-state index contributed by atoms with van der Waals surface area (Å²) in [5, 5.41) is 21.4. The molecule has 1 heterocycles. The number of carbonyl (C=O) groups excluding carboxylic acids is 3. The Hall–Kier alpha value is -4.86. The van der Waals surface area contributed by atoms with Gasteiger partial charge in [0.2, 0.25) is 0 Å². The minimum Gasteiger partial charge on any atom is -0.505 e. The van der Waals surface area contributed by atoms with E-state index in [0.717, 1.165) is 0 Å². The van der Waals surface area contributed by atoms with E-state index in [2.05, 4.69) is 20.5 Å². The van der Waals surface area contributed by atoms with E-state index < -0.39 is 29.3 Å². The number of nitrogens with zero attached hydrogens (tertiary/aromatic N) is 3. The molecule has 0 aliphatic heterocycles. The summed E-state index contributed by atoms with van der Waals surface area (Å²) in [7, 11) is 0. The summed E-state index contributed by atoms with van der Waals surface area (Å²) in [6.07, 6.45) is 2.98. The molecule has 1 aromatic heterocycles. The lowest BCUT2D eigenvalue weighted by Gasteiger charge is -2.09. The van der Waals surface area contributed by atoms with Crippen molar-refractivity contribution in [2.75, 3.05) is 18.5 Å². The topological polar surface area (TPSA) is 140 Å². The molecule has 3 aromatic rings. The Labute approximate surface area is 207 Å². The summed E-state index contributed by atoms with van der Waals surface area (Å²) in [5.41, 5.74) is 0.480. The molecule has 36 heavy (non-hydrogen) atoms. The number of pyridine rings is 1. The summed E-state index contributed by atoms with van der Waals surface area (Å²) < 4.78 is 10.0. The molecule has 0 unspecified atom stereocenters. The van der Waals surface area contributed by atoms with Crippen molar-refractivity contribution in [3.8, 4) is 0 Å². The number of aromatic nitrogens is 1. The van der Waals surface area contributed by atoms with E-state index in [4.69, 9.17) is 9.47 Å². The zero-order valence-corrected chi connectivity index (χ0v) is 19.7. The maximum Gasteiger partial charge on any atom is 0.338 e. The molecule has 3 rings (SSSR count). The smallest absolute Gasteiger partial charge is 0.338 e. The Morgan fingerprint density at radius 2 is 1.53 bits per heavy atom. The normalized spacial score (nSPS) is 11.5. The predicted molar refractivity (Wildman–Crippen MR) is 132 cm³/mol. The first kappa shape index (κ1) is 25.8. The number of rotatable bonds is 9. The van der Waals surface area contributed by atoms with Crippen molar-refractivity contribution in [3.63, 3.8) is 0 Å². The van der Waals surface area contributed by atoms with E-state index in [1.807, 2.05) is 0 Å². The number of hydrogen-bond donors (Lipinski definition) is 2. The largest absolute Gasteiger partial charge is 0.505 e. The number of aliphatic hydroxyl groups is 1. The van der Waals surface area contributed by atoms with Crippen LogP contribution in [0.3, 0.4) is 0 Å². The summed E-state index contributed by atoms with van der Waals surface area (Å²) in [4.78, 5) is 41.6. The minimum atomic E-state index is -0.750. The maximum atomic E-state index is 13.0. The Bertz CT molecular complexity index is 1250. The number of hydrogen-bond acceptors (Lipinski definition) is 9. The van der Waals surface area contributed by atoms with Crippen LogP contribution in [0.2, 0.25) is 0 Å². The number of nitrogens with one attached hydrogen (secondary N) is 1. The van der Waals surface area contributed by atoms with Crippen LogP contribution >= 0.6 is 0 Å². The second-order valence-corrected chi connectivity index (χ2v) is 7.17. The van der Waals surface area contributed by atoms with Gasteiger partial charge in [-0.25, -0.2) is 9.59 Å². The van der Waals surface area contributed by atoms with Gasteiger partial charge in [0, 0.05) is 11.8 Å². The van der Waals surface area contributed by atoms with Gasteiger partial charge < -0.3 is 19.9 Å². The first-order valence-electron chi connectivity index (χ1n) is 11.0. The molecule has 0 fully saturated rings. The molecule has 0 radical (unpaired) electrons. The first-order valence-corrected chi connectivity index (χ1v) is 11.0. The number of carbonyl (C=O) groups is 3. The summed E-state index contributed by atoms with van der Waals surface area (Å²) in [5.74, 6) is -2.51. The molecule has 10 nitrogen and oxygen atoms in total. The molecule has 0 aliphatic rings. The Kier molecular flexibility index (Phi) is 8.99. The lowest BCUT2D eigenvalue weighted by molar-refractivity contribution is -0.112. The van der Waals surface area contributed by atoms with Crippen LogP contribution < -0.4 is 5.32 Å². The molecule has 2 aromatic carbocycles. The molecule has 0 bridgehead atoms. The fraction of sp³-hybridized carbons (Fsp3) is 0.154. The molecule has 184 valence electrons. The monoisotopic (exact) mass is 488 g/mol. The molecular weight excluding hydrogens is 464 g/mol. The van der Waals surface area contributed by atoms with Crippen LogP contribution in [0.15, 0.2) is 89.0 Å². The highest BCUT2D eigenvalue weighted by molar-refractivity contribution is 6.07. The van der Waals surface area contributed by atoms with Crippen LogP contribution in [-0.2, 0) is 14.3 Å². The van der Waals surface area contributed by atoms with Crippen molar-refractivity contribution < 1.29 is 29.0 Å². The van der Waals surface area contributed by atoms with Crippen LogP contribution in [0.25, 0.3) is 5.76 Å². The molecule has 0 spiro atoms. The number of amides is 1. The minimum absolute atomic E-state index is 0.0500. The van der Waals surface area contributed by atoms with E-state index in [-0.39, 0.29) is 30.0 Å². The van der Waals surface area contributed by atoms with E-state index in [1.54, 1.807) is 62.5 Å². The van der Waals surface area contributed by atoms with Gasteiger partial charge >= 0.3 is 11.9 Å². The molecule has 10 heteroatoms. The molecule has 1 amide bonds. The quantitative estimate of drug-likeness (QED) is 0.185. The zero-order chi connectivity index (χ0) is 25.9. The van der Waals surface area contributed by atoms with Gasteiger partial charge in [-0.05, 0) is 44.2 Å². The number of benzene rings is 2. The van der Waals surface area contributed by atoms with Crippen LogP contribution in [0.5, 0.6) is 0 Å². The van der Waals surface area contributed by atoms with Gasteiger partial charge in [0.15, 0.2) is 11.5 Å². The fourth-order valence-electron chi connectivity index (χ4n) is 3.00. The third kappa shape index (κ3) is 6.83. The SMILES string of the molecule is CCOC(=O)c1cc(N=NC(C(=O)Nc2cccnc2)=C(O)c2ccccc2)cc(C(=O)OCC)c1. The van der Waals surface area contributed by atoms with Crippen LogP contribution in [0.4, 0.5) is 11.4 Å². The Morgan fingerprint density at radius 1 is 0.889 bits per heavy atom. The van der Waals surface area contributed by atoms with Crippen molar-refractivity contribution in [1.82, 2.24) is 4.98 Å². The first-order chi connectivity index (χ1) is 17.4. The number of aliphatic hydroxyl groups excluding tert-OH is 1. The van der Waals surface area contributed by atoms with Gasteiger partial charge in [0.05, 0.1) is 41.9 Å². The van der Waals surface area contributed by atoms with E-state index >= 15 is 0 Å². The van der Waals surface area contributed by atoms with Crippen LogP contribution in [-0.4, -0.2) is 41.2 Å². The van der Waals surface area contributed by atoms with E-state index in [1.165, 1.54) is 24.4 Å². The van der Waals surface area contributed by atoms with Gasteiger partial charge in [-0.1, -0.05) is 30.3 Å². The van der Waals surface area contributed by atoms with Crippen LogP contribution in [0.1, 0.15) is 40.1 Å². The van der Waals surface area contributed by atoms with Crippen molar-refractivity contribution in [2.45, 2.75) is 13.8 Å². The maximum absolute atomic E-state index is 13.0. The molecule has 0 saturated heterocycles. The Morgan fingerprint density at radius 3 is 2.08 bits per heavy atom. The fourth-order valence-corrected chi connectivity index (χ4v) is 3.00. The van der Waals surface area contributed by atoms with Crippen molar-refractivity contribution in [1.29, 1.82) is 0 Å². The van der Waals surface area contributed by atoms with Crippen molar-refractivity contribution >= 4 is 35.0 Å². The van der Waals surface area contributed by atoms with Gasteiger partial charge in [-0.2, -0.15) is 5.11 Å². The molecular formula is C26H24N4O6. The van der Waals surface area contributed by atoms with E-state index in [0.29, 0.717) is 11.3 Å². The highest BCUT2D eigenvalue weighted by Gasteiger charge is 2.19. The number of anilines is 1. The average Bonchev–Trinajstić information content (AvgIpc) is 2.90. The lowest BCUT2D eigenvalue weighted by atomic mass is 10.1. The summed E-state index contributed by atoms with van der Waals surface area (Å²) >= 11 is 0.